The first-order valence-electron chi connectivity index (χ1n) is 4.44. The number of carboxylic acids is 1. The molecule has 0 aliphatic heterocycles. The first kappa shape index (κ1) is 12.3. The number of benzene rings is 1. The number of aliphatic carboxylic acids is 1. The van der Waals surface area contributed by atoms with Crippen molar-refractivity contribution in [3.05, 3.63) is 28.8 Å². The number of nitrogen functional groups attached to an aromatic ring is 1. The van der Waals surface area contributed by atoms with Crippen molar-refractivity contribution in [2.45, 2.75) is 6.42 Å². The van der Waals surface area contributed by atoms with Crippen molar-refractivity contribution < 1.29 is 19.4 Å². The first-order chi connectivity index (χ1) is 7.50. The zero-order valence-electron chi connectivity index (χ0n) is 8.27. The van der Waals surface area contributed by atoms with E-state index in [2.05, 4.69) is 0 Å². The molecule has 0 unspecified atom stereocenters. The van der Waals surface area contributed by atoms with Gasteiger partial charge in [0.15, 0.2) is 0 Å². The second-order valence-corrected chi connectivity index (χ2v) is 3.43. The van der Waals surface area contributed by atoms with Crippen LogP contribution in [0.2, 0.25) is 5.02 Å². The lowest BCUT2D eigenvalue weighted by Gasteiger charge is -2.05. The van der Waals surface area contributed by atoms with E-state index in [1.54, 1.807) is 0 Å². The topological polar surface area (TPSA) is 89.6 Å². The van der Waals surface area contributed by atoms with Gasteiger partial charge in [-0.15, -0.1) is 0 Å². The maximum Gasteiger partial charge on any atom is 0.339 e. The van der Waals surface area contributed by atoms with Gasteiger partial charge in [0.2, 0.25) is 0 Å². The average molecular weight is 244 g/mol. The predicted molar refractivity (Wildman–Crippen MR) is 58.4 cm³/mol. The van der Waals surface area contributed by atoms with E-state index in [0.29, 0.717) is 5.69 Å². The van der Waals surface area contributed by atoms with E-state index in [1.807, 2.05) is 0 Å². The Bertz CT molecular complexity index is 419. The molecule has 0 aliphatic rings. The Hall–Kier alpha value is -1.75. The highest BCUT2D eigenvalue weighted by Gasteiger charge is 2.12. The molecule has 0 aliphatic carbocycles. The molecule has 0 fully saturated rings. The largest absolute Gasteiger partial charge is 0.481 e. The lowest BCUT2D eigenvalue weighted by molar-refractivity contribution is -0.137. The van der Waals surface area contributed by atoms with Gasteiger partial charge < -0.3 is 15.6 Å². The molecule has 16 heavy (non-hydrogen) atoms. The SMILES string of the molecule is Nc1ccc(C(=O)OCCC(=O)O)c(Cl)c1. The van der Waals surface area contributed by atoms with E-state index in [0.717, 1.165) is 0 Å². The van der Waals surface area contributed by atoms with E-state index < -0.39 is 11.9 Å². The van der Waals surface area contributed by atoms with Gasteiger partial charge in [-0.2, -0.15) is 0 Å². The molecule has 0 saturated heterocycles. The Morgan fingerprint density at radius 2 is 2.12 bits per heavy atom. The molecule has 0 aromatic heterocycles. The summed E-state index contributed by atoms with van der Waals surface area (Å²) in [5, 5.41) is 8.53. The standard InChI is InChI=1S/C10H10ClNO4/c11-8-5-6(12)1-2-7(8)10(15)16-4-3-9(13)14/h1-2,5H,3-4,12H2,(H,13,14). The zero-order chi connectivity index (χ0) is 12.1. The van der Waals surface area contributed by atoms with E-state index in [9.17, 15) is 9.59 Å². The minimum atomic E-state index is -1.03. The summed E-state index contributed by atoms with van der Waals surface area (Å²) in [6.07, 6.45) is -0.238. The van der Waals surface area contributed by atoms with Crippen LogP contribution in [0.15, 0.2) is 18.2 Å². The van der Waals surface area contributed by atoms with Crippen LogP contribution in [-0.4, -0.2) is 23.7 Å². The number of halogens is 1. The van der Waals surface area contributed by atoms with E-state index in [-0.39, 0.29) is 23.6 Å². The Morgan fingerprint density at radius 3 is 2.69 bits per heavy atom. The molecule has 0 saturated carbocycles. The van der Waals surface area contributed by atoms with Crippen LogP contribution in [0, 0.1) is 0 Å². The van der Waals surface area contributed by atoms with Crippen LogP contribution in [0.3, 0.4) is 0 Å². The summed E-state index contributed by atoms with van der Waals surface area (Å²) in [7, 11) is 0. The lowest BCUT2D eigenvalue weighted by atomic mass is 10.2. The van der Waals surface area contributed by atoms with Gasteiger partial charge in [0.1, 0.15) is 6.61 Å². The summed E-state index contributed by atoms with van der Waals surface area (Å²) in [5.41, 5.74) is 6.06. The number of ether oxygens (including phenoxy) is 1. The maximum absolute atomic E-state index is 11.4. The number of rotatable bonds is 4. The molecule has 0 atom stereocenters. The molecule has 1 aromatic carbocycles. The van der Waals surface area contributed by atoms with Gasteiger partial charge in [0.05, 0.1) is 17.0 Å². The van der Waals surface area contributed by atoms with Crippen molar-refractivity contribution in [2.75, 3.05) is 12.3 Å². The van der Waals surface area contributed by atoms with Crippen molar-refractivity contribution >= 4 is 29.2 Å². The normalized spacial score (nSPS) is 9.81. The Labute approximate surface area is 96.8 Å². The molecule has 0 amide bonds. The summed E-state index contributed by atoms with van der Waals surface area (Å²) >= 11 is 5.77. The zero-order valence-corrected chi connectivity index (χ0v) is 9.03. The fourth-order valence-corrected chi connectivity index (χ4v) is 1.27. The molecule has 0 heterocycles. The molecule has 0 bridgehead atoms. The Balaban J connectivity index is 2.63. The van der Waals surface area contributed by atoms with E-state index >= 15 is 0 Å². The van der Waals surface area contributed by atoms with Crippen molar-refractivity contribution in [3.63, 3.8) is 0 Å². The minimum Gasteiger partial charge on any atom is -0.481 e. The van der Waals surface area contributed by atoms with Crippen molar-refractivity contribution in [2.24, 2.45) is 0 Å². The molecular formula is C10H10ClNO4. The number of carbonyl (C=O) groups excluding carboxylic acids is 1. The summed E-state index contributed by atoms with van der Waals surface area (Å²) in [6.45, 7) is -0.186. The van der Waals surface area contributed by atoms with Gasteiger partial charge in [-0.3, -0.25) is 4.79 Å². The molecule has 1 aromatic rings. The molecule has 0 radical (unpaired) electrons. The average Bonchev–Trinajstić information content (AvgIpc) is 2.16. The van der Waals surface area contributed by atoms with Crippen LogP contribution in [0.25, 0.3) is 0 Å². The fourth-order valence-electron chi connectivity index (χ4n) is 1.01. The van der Waals surface area contributed by atoms with Crippen LogP contribution in [0.1, 0.15) is 16.8 Å². The molecule has 0 spiro atoms. The molecule has 6 heteroatoms. The highest BCUT2D eigenvalue weighted by Crippen LogP contribution is 2.19. The summed E-state index contributed by atoms with van der Waals surface area (Å²) in [5.74, 6) is -1.69. The summed E-state index contributed by atoms with van der Waals surface area (Å²) in [6, 6.07) is 4.37. The van der Waals surface area contributed by atoms with Crippen LogP contribution in [0.5, 0.6) is 0 Å². The molecule has 3 N–H and O–H groups in total. The predicted octanol–water partition coefficient (Wildman–Crippen LogP) is 1.55. The molecule has 1 rings (SSSR count). The molecule has 86 valence electrons. The number of carboxylic acid groups (broad SMARTS) is 1. The second-order valence-electron chi connectivity index (χ2n) is 3.02. The maximum atomic E-state index is 11.4. The van der Waals surface area contributed by atoms with Gasteiger partial charge in [0.25, 0.3) is 0 Å². The van der Waals surface area contributed by atoms with Gasteiger partial charge >= 0.3 is 11.9 Å². The van der Waals surface area contributed by atoms with Crippen molar-refractivity contribution in [3.8, 4) is 0 Å². The van der Waals surface area contributed by atoms with Crippen molar-refractivity contribution in [1.29, 1.82) is 0 Å². The van der Waals surface area contributed by atoms with Crippen LogP contribution >= 0.6 is 11.6 Å². The third kappa shape index (κ3) is 3.43. The summed E-state index contributed by atoms with van der Waals surface area (Å²) in [4.78, 5) is 21.6. The van der Waals surface area contributed by atoms with Crippen molar-refractivity contribution in [1.82, 2.24) is 0 Å². The van der Waals surface area contributed by atoms with Crippen LogP contribution in [0.4, 0.5) is 5.69 Å². The van der Waals surface area contributed by atoms with Gasteiger partial charge in [0, 0.05) is 5.69 Å². The minimum absolute atomic E-state index is 0.168. The number of hydrogen-bond donors (Lipinski definition) is 2. The second kappa shape index (κ2) is 5.37. The molecular weight excluding hydrogens is 234 g/mol. The lowest BCUT2D eigenvalue weighted by Crippen LogP contribution is -2.10. The fraction of sp³-hybridized carbons (Fsp3) is 0.200. The third-order valence-corrected chi connectivity index (χ3v) is 2.07. The van der Waals surface area contributed by atoms with Gasteiger partial charge in [-0.25, -0.2) is 4.79 Å². The number of carbonyl (C=O) groups is 2. The highest BCUT2D eigenvalue weighted by atomic mass is 35.5. The Kier molecular flexibility index (Phi) is 4.13. The first-order valence-corrected chi connectivity index (χ1v) is 4.82. The number of hydrogen-bond acceptors (Lipinski definition) is 4. The number of anilines is 1. The molecule has 5 nitrogen and oxygen atoms in total. The van der Waals surface area contributed by atoms with Crippen LogP contribution in [-0.2, 0) is 9.53 Å². The third-order valence-electron chi connectivity index (χ3n) is 1.76. The monoisotopic (exact) mass is 243 g/mol. The highest BCUT2D eigenvalue weighted by molar-refractivity contribution is 6.33. The number of esters is 1. The van der Waals surface area contributed by atoms with Gasteiger partial charge in [-0.05, 0) is 18.2 Å². The quantitative estimate of drug-likeness (QED) is 0.619. The van der Waals surface area contributed by atoms with Gasteiger partial charge in [-0.1, -0.05) is 11.6 Å². The smallest absolute Gasteiger partial charge is 0.339 e. The summed E-state index contributed by atoms with van der Waals surface area (Å²) < 4.78 is 4.71. The Morgan fingerprint density at radius 1 is 1.44 bits per heavy atom. The van der Waals surface area contributed by atoms with Crippen LogP contribution < -0.4 is 5.73 Å². The van der Waals surface area contributed by atoms with E-state index in [1.165, 1.54) is 18.2 Å². The number of nitrogens with two attached hydrogens (primary N) is 1. The van der Waals surface area contributed by atoms with E-state index in [4.69, 9.17) is 27.2 Å².